The van der Waals surface area contributed by atoms with Crippen molar-refractivity contribution in [2.75, 3.05) is 26.4 Å². The van der Waals surface area contributed by atoms with Gasteiger partial charge in [0.25, 0.3) is 0 Å². The number of rotatable bonds is 8. The van der Waals surface area contributed by atoms with Crippen molar-refractivity contribution < 1.29 is 14.2 Å². The normalized spacial score (nSPS) is 10.4. The summed E-state index contributed by atoms with van der Waals surface area (Å²) in [6, 6.07) is 7.36. The van der Waals surface area contributed by atoms with Crippen molar-refractivity contribution in [1.82, 2.24) is 9.97 Å². The van der Waals surface area contributed by atoms with Crippen LogP contribution in [-0.2, 0) is 4.74 Å². The molecule has 21 heavy (non-hydrogen) atoms. The molecule has 2 heterocycles. The van der Waals surface area contributed by atoms with Gasteiger partial charge >= 0.3 is 0 Å². The molecule has 0 atom stereocenters. The first kappa shape index (κ1) is 16.2. The van der Waals surface area contributed by atoms with Gasteiger partial charge in [0.15, 0.2) is 0 Å². The van der Waals surface area contributed by atoms with Gasteiger partial charge in [-0.3, -0.25) is 0 Å². The highest BCUT2D eigenvalue weighted by Gasteiger charge is 1.97. The second-order valence-corrected chi connectivity index (χ2v) is 5.57. The Hall–Kier alpha value is -1.18. The molecule has 5 nitrogen and oxygen atoms in total. The Morgan fingerprint density at radius 1 is 0.714 bits per heavy atom. The minimum atomic E-state index is 0.475. The lowest BCUT2D eigenvalue weighted by Gasteiger charge is -2.08. The van der Waals surface area contributed by atoms with Crippen molar-refractivity contribution >= 4 is 31.9 Å². The fourth-order valence-electron chi connectivity index (χ4n) is 1.43. The highest BCUT2D eigenvalue weighted by molar-refractivity contribution is 9.10. The third-order valence-corrected chi connectivity index (χ3v) is 3.33. The van der Waals surface area contributed by atoms with E-state index in [1.807, 2.05) is 24.3 Å². The van der Waals surface area contributed by atoms with Gasteiger partial charge in [-0.2, -0.15) is 0 Å². The van der Waals surface area contributed by atoms with Crippen LogP contribution in [-0.4, -0.2) is 36.4 Å². The first-order valence-electron chi connectivity index (χ1n) is 6.30. The standard InChI is InChI=1S/C14H14Br2N2O3/c15-13-3-1-11(9-17-13)20-7-5-19-6-8-21-12-2-4-14(16)18-10-12/h1-4,9-10H,5-8H2. The molecule has 0 fully saturated rings. The van der Waals surface area contributed by atoms with Gasteiger partial charge in [0, 0.05) is 0 Å². The van der Waals surface area contributed by atoms with E-state index in [1.54, 1.807) is 12.4 Å². The van der Waals surface area contributed by atoms with E-state index >= 15 is 0 Å². The molecule has 0 saturated carbocycles. The number of hydrogen-bond donors (Lipinski definition) is 0. The molecule has 0 aliphatic carbocycles. The van der Waals surface area contributed by atoms with E-state index in [9.17, 15) is 0 Å². The average molecular weight is 418 g/mol. The topological polar surface area (TPSA) is 53.5 Å². The molecule has 0 aliphatic rings. The van der Waals surface area contributed by atoms with Crippen LogP contribution in [0.5, 0.6) is 11.5 Å². The molecule has 112 valence electrons. The van der Waals surface area contributed by atoms with E-state index < -0.39 is 0 Å². The molecule has 0 aromatic carbocycles. The van der Waals surface area contributed by atoms with Crippen molar-refractivity contribution in [3.05, 3.63) is 45.9 Å². The Morgan fingerprint density at radius 3 is 1.57 bits per heavy atom. The summed E-state index contributed by atoms with van der Waals surface area (Å²) < 4.78 is 17.9. The van der Waals surface area contributed by atoms with E-state index in [0.29, 0.717) is 26.4 Å². The van der Waals surface area contributed by atoms with Crippen molar-refractivity contribution in [2.24, 2.45) is 0 Å². The summed E-state index contributed by atoms with van der Waals surface area (Å²) in [5.41, 5.74) is 0. The van der Waals surface area contributed by atoms with Crippen LogP contribution in [0.15, 0.2) is 45.9 Å². The molecule has 2 aromatic heterocycles. The molecule has 0 amide bonds. The molecule has 0 saturated heterocycles. The quantitative estimate of drug-likeness (QED) is 0.486. The van der Waals surface area contributed by atoms with Crippen LogP contribution in [0.25, 0.3) is 0 Å². The number of halogens is 2. The van der Waals surface area contributed by atoms with Crippen LogP contribution < -0.4 is 9.47 Å². The number of nitrogens with zero attached hydrogens (tertiary/aromatic N) is 2. The Labute approximate surface area is 139 Å². The van der Waals surface area contributed by atoms with Crippen LogP contribution in [0, 0.1) is 0 Å². The molecule has 0 radical (unpaired) electrons. The Balaban J connectivity index is 1.52. The number of hydrogen-bond acceptors (Lipinski definition) is 5. The van der Waals surface area contributed by atoms with E-state index in [0.717, 1.165) is 20.7 Å². The van der Waals surface area contributed by atoms with Crippen LogP contribution in [0.1, 0.15) is 0 Å². The molecule has 0 bridgehead atoms. The molecule has 2 aromatic rings. The maximum atomic E-state index is 5.47. The SMILES string of the molecule is Brc1ccc(OCCOCCOc2ccc(Br)nc2)cn1. The lowest BCUT2D eigenvalue weighted by molar-refractivity contribution is 0.0762. The second-order valence-electron chi connectivity index (χ2n) is 3.94. The Kier molecular flexibility index (Phi) is 6.91. The molecule has 7 heteroatoms. The maximum Gasteiger partial charge on any atom is 0.137 e. The van der Waals surface area contributed by atoms with Gasteiger partial charge in [0.1, 0.15) is 33.9 Å². The van der Waals surface area contributed by atoms with Crippen LogP contribution >= 0.6 is 31.9 Å². The minimum Gasteiger partial charge on any atom is -0.490 e. The van der Waals surface area contributed by atoms with Gasteiger partial charge < -0.3 is 14.2 Å². The first-order valence-corrected chi connectivity index (χ1v) is 7.89. The molecular weight excluding hydrogens is 404 g/mol. The van der Waals surface area contributed by atoms with Crippen molar-refractivity contribution in [2.45, 2.75) is 0 Å². The zero-order valence-electron chi connectivity index (χ0n) is 11.2. The van der Waals surface area contributed by atoms with E-state index in [-0.39, 0.29) is 0 Å². The predicted octanol–water partition coefficient (Wildman–Crippen LogP) is 3.48. The van der Waals surface area contributed by atoms with E-state index in [4.69, 9.17) is 14.2 Å². The number of ether oxygens (including phenoxy) is 3. The first-order chi connectivity index (χ1) is 10.2. The molecule has 0 unspecified atom stereocenters. The smallest absolute Gasteiger partial charge is 0.137 e. The molecule has 0 N–H and O–H groups in total. The summed E-state index contributed by atoms with van der Waals surface area (Å²) >= 11 is 6.53. The summed E-state index contributed by atoms with van der Waals surface area (Å²) in [6.07, 6.45) is 3.32. The molecule has 0 aliphatic heterocycles. The van der Waals surface area contributed by atoms with Crippen LogP contribution in [0.4, 0.5) is 0 Å². The highest BCUT2D eigenvalue weighted by Crippen LogP contribution is 2.13. The Bertz CT molecular complexity index is 485. The number of aromatic nitrogens is 2. The van der Waals surface area contributed by atoms with Crippen molar-refractivity contribution in [3.63, 3.8) is 0 Å². The third-order valence-electron chi connectivity index (χ3n) is 2.39. The van der Waals surface area contributed by atoms with Gasteiger partial charge in [-0.05, 0) is 56.1 Å². The molecule has 2 rings (SSSR count). The summed E-state index contributed by atoms with van der Waals surface area (Å²) in [6.45, 7) is 1.95. The average Bonchev–Trinajstić information content (AvgIpc) is 2.50. The lowest BCUT2D eigenvalue weighted by Crippen LogP contribution is -2.12. The molecular formula is C14H14Br2N2O3. The largest absolute Gasteiger partial charge is 0.490 e. The Morgan fingerprint density at radius 2 is 1.19 bits per heavy atom. The lowest BCUT2D eigenvalue weighted by atomic mass is 10.5. The zero-order valence-corrected chi connectivity index (χ0v) is 14.3. The van der Waals surface area contributed by atoms with Crippen molar-refractivity contribution in [3.8, 4) is 11.5 Å². The fraction of sp³-hybridized carbons (Fsp3) is 0.286. The zero-order chi connectivity index (χ0) is 14.9. The van der Waals surface area contributed by atoms with Gasteiger partial charge in [-0.1, -0.05) is 0 Å². The van der Waals surface area contributed by atoms with Gasteiger partial charge in [0.05, 0.1) is 25.6 Å². The highest BCUT2D eigenvalue weighted by atomic mass is 79.9. The van der Waals surface area contributed by atoms with Gasteiger partial charge in [-0.15, -0.1) is 0 Å². The minimum absolute atomic E-state index is 0.475. The summed E-state index contributed by atoms with van der Waals surface area (Å²) in [7, 11) is 0. The fourth-order valence-corrected chi connectivity index (χ4v) is 1.90. The van der Waals surface area contributed by atoms with Crippen molar-refractivity contribution in [1.29, 1.82) is 0 Å². The monoisotopic (exact) mass is 416 g/mol. The predicted molar refractivity (Wildman–Crippen MR) is 85.7 cm³/mol. The van der Waals surface area contributed by atoms with Crippen LogP contribution in [0.2, 0.25) is 0 Å². The summed E-state index contributed by atoms with van der Waals surface area (Å²) in [4.78, 5) is 8.14. The second kappa shape index (κ2) is 8.96. The van der Waals surface area contributed by atoms with E-state index in [2.05, 4.69) is 41.8 Å². The van der Waals surface area contributed by atoms with Gasteiger partial charge in [0.2, 0.25) is 0 Å². The molecule has 0 spiro atoms. The van der Waals surface area contributed by atoms with E-state index in [1.165, 1.54) is 0 Å². The van der Waals surface area contributed by atoms with Crippen LogP contribution in [0.3, 0.4) is 0 Å². The summed E-state index contributed by atoms with van der Waals surface area (Å²) in [5.74, 6) is 1.44. The summed E-state index contributed by atoms with van der Waals surface area (Å²) in [5, 5.41) is 0. The van der Waals surface area contributed by atoms with Gasteiger partial charge in [-0.25, -0.2) is 9.97 Å². The maximum absolute atomic E-state index is 5.47. The third kappa shape index (κ3) is 6.41. The number of pyridine rings is 2.